The molecule has 0 aromatic heterocycles. The average Bonchev–Trinajstić information content (AvgIpc) is 3.07. The van der Waals surface area contributed by atoms with Crippen LogP contribution >= 0.6 is 12.4 Å². The summed E-state index contributed by atoms with van der Waals surface area (Å²) in [6.07, 6.45) is 2.71. The van der Waals surface area contributed by atoms with Crippen molar-refractivity contribution in [1.29, 1.82) is 0 Å². The second kappa shape index (κ2) is 7.75. The van der Waals surface area contributed by atoms with Crippen LogP contribution in [-0.4, -0.2) is 53.5 Å². The number of carboxylic acids is 1. The molecule has 5 nitrogen and oxygen atoms in total. The predicted molar refractivity (Wildman–Crippen MR) is 98.8 cm³/mol. The Balaban J connectivity index is 0.00000225. The second-order valence-corrected chi connectivity index (χ2v) is 7.40. The monoisotopic (exact) mass is 366 g/mol. The van der Waals surface area contributed by atoms with Gasteiger partial charge in [0.1, 0.15) is 0 Å². The summed E-state index contributed by atoms with van der Waals surface area (Å²) in [7, 11) is 1.82. The Bertz CT molecular complexity index is 651. The SMILES string of the molecule is Cc1ccccc1CN(C)C(=O)CN1C[C@@H]2CCC[C@@]2(C(=O)O)C1.Cl. The first-order chi connectivity index (χ1) is 11.4. The van der Waals surface area contributed by atoms with E-state index in [1.165, 1.54) is 5.56 Å². The lowest BCUT2D eigenvalue weighted by atomic mass is 9.81. The number of carbonyl (C=O) groups is 2. The van der Waals surface area contributed by atoms with Crippen molar-refractivity contribution >= 4 is 24.3 Å². The molecule has 1 aliphatic heterocycles. The minimum Gasteiger partial charge on any atom is -0.481 e. The molecule has 25 heavy (non-hydrogen) atoms. The van der Waals surface area contributed by atoms with Gasteiger partial charge in [0.2, 0.25) is 5.91 Å². The Labute approximate surface area is 155 Å². The first-order valence-corrected chi connectivity index (χ1v) is 8.66. The Hall–Kier alpha value is -1.59. The fraction of sp³-hybridized carbons (Fsp3) is 0.579. The first-order valence-electron chi connectivity index (χ1n) is 8.66. The third-order valence-electron chi connectivity index (χ3n) is 5.82. The molecule has 2 atom stereocenters. The number of aliphatic carboxylic acids is 1. The van der Waals surface area contributed by atoms with Gasteiger partial charge in [-0.05, 0) is 36.8 Å². The molecule has 2 aliphatic rings. The molecule has 1 aromatic carbocycles. The smallest absolute Gasteiger partial charge is 0.311 e. The van der Waals surface area contributed by atoms with Crippen LogP contribution < -0.4 is 0 Å². The van der Waals surface area contributed by atoms with Crippen LogP contribution in [0.15, 0.2) is 24.3 Å². The van der Waals surface area contributed by atoms with Crippen molar-refractivity contribution in [3.05, 3.63) is 35.4 Å². The number of carbonyl (C=O) groups excluding carboxylic acids is 1. The quantitative estimate of drug-likeness (QED) is 0.870. The summed E-state index contributed by atoms with van der Waals surface area (Å²) >= 11 is 0. The summed E-state index contributed by atoms with van der Waals surface area (Å²) in [6, 6.07) is 8.07. The fourth-order valence-electron chi connectivity index (χ4n) is 4.31. The van der Waals surface area contributed by atoms with Gasteiger partial charge >= 0.3 is 5.97 Å². The average molecular weight is 367 g/mol. The zero-order valence-electron chi connectivity index (χ0n) is 14.9. The van der Waals surface area contributed by atoms with Crippen molar-refractivity contribution in [2.75, 3.05) is 26.7 Å². The van der Waals surface area contributed by atoms with E-state index in [0.29, 0.717) is 19.6 Å². The van der Waals surface area contributed by atoms with Crippen LogP contribution in [0.4, 0.5) is 0 Å². The van der Waals surface area contributed by atoms with Gasteiger partial charge < -0.3 is 10.0 Å². The van der Waals surface area contributed by atoms with Crippen molar-refractivity contribution in [3.63, 3.8) is 0 Å². The van der Waals surface area contributed by atoms with Crippen LogP contribution in [0, 0.1) is 18.3 Å². The van der Waals surface area contributed by atoms with Gasteiger partial charge in [0.25, 0.3) is 0 Å². The van der Waals surface area contributed by atoms with E-state index in [9.17, 15) is 14.7 Å². The Morgan fingerprint density at radius 2 is 2.08 bits per heavy atom. The summed E-state index contributed by atoms with van der Waals surface area (Å²) in [6.45, 7) is 4.19. The summed E-state index contributed by atoms with van der Waals surface area (Å²) in [5.41, 5.74) is 1.71. The molecular formula is C19H27ClN2O3. The molecule has 0 bridgehead atoms. The summed E-state index contributed by atoms with van der Waals surface area (Å²) < 4.78 is 0. The topological polar surface area (TPSA) is 60.9 Å². The number of hydrogen-bond donors (Lipinski definition) is 1. The first kappa shape index (κ1) is 19.7. The van der Waals surface area contributed by atoms with E-state index in [1.54, 1.807) is 4.90 Å². The van der Waals surface area contributed by atoms with Crippen LogP contribution in [0.1, 0.15) is 30.4 Å². The Morgan fingerprint density at radius 3 is 2.72 bits per heavy atom. The van der Waals surface area contributed by atoms with Gasteiger partial charge in [0, 0.05) is 26.7 Å². The number of fused-ring (bicyclic) bond motifs is 1. The highest BCUT2D eigenvalue weighted by Gasteiger charge is 2.54. The van der Waals surface area contributed by atoms with Crippen LogP contribution in [0.3, 0.4) is 0 Å². The molecule has 1 aromatic rings. The zero-order valence-corrected chi connectivity index (χ0v) is 15.7. The van der Waals surface area contributed by atoms with Gasteiger partial charge in [-0.2, -0.15) is 0 Å². The van der Waals surface area contributed by atoms with Crippen LogP contribution in [-0.2, 0) is 16.1 Å². The third kappa shape index (κ3) is 3.82. The number of carboxylic acid groups (broad SMARTS) is 1. The number of halogens is 1. The minimum absolute atomic E-state index is 0. The van der Waals surface area contributed by atoms with Gasteiger partial charge in [-0.25, -0.2) is 0 Å². The maximum atomic E-state index is 12.5. The molecule has 1 amide bonds. The number of amides is 1. The molecule has 1 saturated heterocycles. The zero-order chi connectivity index (χ0) is 17.3. The number of aryl methyl sites for hydroxylation is 1. The number of benzene rings is 1. The maximum absolute atomic E-state index is 12.5. The number of likely N-dealkylation sites (N-methyl/N-ethyl adjacent to an activating group) is 1. The van der Waals surface area contributed by atoms with E-state index in [0.717, 1.165) is 31.4 Å². The van der Waals surface area contributed by atoms with Crippen LogP contribution in [0.5, 0.6) is 0 Å². The summed E-state index contributed by atoms with van der Waals surface area (Å²) in [4.78, 5) is 28.0. The lowest BCUT2D eigenvalue weighted by molar-refractivity contribution is -0.149. The molecule has 1 heterocycles. The van der Waals surface area contributed by atoms with Crippen molar-refractivity contribution in [2.45, 2.75) is 32.7 Å². The van der Waals surface area contributed by atoms with E-state index in [-0.39, 0.29) is 24.2 Å². The lowest BCUT2D eigenvalue weighted by Crippen LogP contribution is -2.40. The van der Waals surface area contributed by atoms with Gasteiger partial charge in [-0.3, -0.25) is 14.5 Å². The minimum atomic E-state index is -0.687. The Kier molecular flexibility index (Phi) is 6.12. The molecule has 0 spiro atoms. The maximum Gasteiger partial charge on any atom is 0.311 e. The highest BCUT2D eigenvalue weighted by molar-refractivity contribution is 5.85. The highest BCUT2D eigenvalue weighted by Crippen LogP contribution is 2.48. The lowest BCUT2D eigenvalue weighted by Gasteiger charge is -2.25. The molecule has 1 aliphatic carbocycles. The molecule has 1 saturated carbocycles. The molecule has 0 radical (unpaired) electrons. The van der Waals surface area contributed by atoms with Crippen LogP contribution in [0.25, 0.3) is 0 Å². The molecule has 1 N–H and O–H groups in total. The molecule has 0 unspecified atom stereocenters. The van der Waals surface area contributed by atoms with Gasteiger partial charge in [-0.1, -0.05) is 30.7 Å². The van der Waals surface area contributed by atoms with Gasteiger partial charge in [0.05, 0.1) is 12.0 Å². The summed E-state index contributed by atoms with van der Waals surface area (Å²) in [5.74, 6) is -0.434. The normalized spacial score (nSPS) is 25.3. The number of hydrogen-bond acceptors (Lipinski definition) is 3. The van der Waals surface area contributed by atoms with E-state index in [1.807, 2.05) is 43.1 Å². The van der Waals surface area contributed by atoms with Crippen molar-refractivity contribution in [3.8, 4) is 0 Å². The number of likely N-dealkylation sites (tertiary alicyclic amines) is 1. The highest BCUT2D eigenvalue weighted by atomic mass is 35.5. The van der Waals surface area contributed by atoms with Crippen molar-refractivity contribution in [2.24, 2.45) is 11.3 Å². The Morgan fingerprint density at radius 1 is 1.36 bits per heavy atom. The van der Waals surface area contributed by atoms with E-state index in [2.05, 4.69) is 0 Å². The number of nitrogens with zero attached hydrogens (tertiary/aromatic N) is 2. The third-order valence-corrected chi connectivity index (χ3v) is 5.82. The fourth-order valence-corrected chi connectivity index (χ4v) is 4.31. The van der Waals surface area contributed by atoms with Crippen molar-refractivity contribution < 1.29 is 14.7 Å². The molecule has 6 heteroatoms. The molecule has 3 rings (SSSR count). The molecule has 2 fully saturated rings. The van der Waals surface area contributed by atoms with E-state index in [4.69, 9.17) is 0 Å². The summed E-state index contributed by atoms with van der Waals surface area (Å²) in [5, 5.41) is 9.64. The largest absolute Gasteiger partial charge is 0.481 e. The van der Waals surface area contributed by atoms with Crippen LogP contribution in [0.2, 0.25) is 0 Å². The standard InChI is InChI=1S/C19H26N2O3.ClH/c1-14-6-3-4-7-15(14)10-20(2)17(22)12-21-11-16-8-5-9-19(16,13-21)18(23)24;/h3-4,6-7,16H,5,8-13H2,1-2H3,(H,23,24);1H/t16-,19+;/m0./s1. The van der Waals surface area contributed by atoms with E-state index < -0.39 is 11.4 Å². The van der Waals surface area contributed by atoms with Crippen molar-refractivity contribution in [1.82, 2.24) is 9.80 Å². The van der Waals surface area contributed by atoms with Gasteiger partial charge in [-0.15, -0.1) is 12.4 Å². The predicted octanol–water partition coefficient (Wildman–Crippen LogP) is 2.56. The molecular weight excluding hydrogens is 340 g/mol. The number of rotatable bonds is 5. The van der Waals surface area contributed by atoms with Gasteiger partial charge in [0.15, 0.2) is 0 Å². The molecule has 138 valence electrons. The van der Waals surface area contributed by atoms with E-state index >= 15 is 0 Å². The second-order valence-electron chi connectivity index (χ2n) is 7.40.